The lowest BCUT2D eigenvalue weighted by Gasteiger charge is -2.19. The number of amides is 2. The van der Waals surface area contributed by atoms with Crippen LogP contribution in [-0.2, 0) is 11.2 Å². The summed E-state index contributed by atoms with van der Waals surface area (Å²) in [6.07, 6.45) is 1.67. The fraction of sp³-hybridized carbons (Fsp3) is 0.263. The van der Waals surface area contributed by atoms with Crippen LogP contribution in [0.5, 0.6) is 0 Å². The third-order valence-corrected chi connectivity index (χ3v) is 4.42. The van der Waals surface area contributed by atoms with E-state index in [9.17, 15) is 19.2 Å². The zero-order chi connectivity index (χ0) is 18.7. The first-order chi connectivity index (χ1) is 12.5. The molecule has 7 heteroatoms. The number of pyridine rings is 1. The van der Waals surface area contributed by atoms with Gasteiger partial charge < -0.3 is 15.6 Å². The molecule has 0 spiro atoms. The Morgan fingerprint density at radius 2 is 1.85 bits per heavy atom. The van der Waals surface area contributed by atoms with E-state index in [0.717, 1.165) is 0 Å². The van der Waals surface area contributed by atoms with Gasteiger partial charge in [0.1, 0.15) is 11.6 Å². The van der Waals surface area contributed by atoms with Crippen LogP contribution in [0.25, 0.3) is 0 Å². The zero-order valence-electron chi connectivity index (χ0n) is 14.3. The highest BCUT2D eigenvalue weighted by Gasteiger charge is 2.26. The minimum Gasteiger partial charge on any atom is -0.357 e. The minimum atomic E-state index is -0.945. The van der Waals surface area contributed by atoms with Crippen LogP contribution in [0.4, 0.5) is 0 Å². The molecular weight excluding hydrogens is 334 g/mol. The van der Waals surface area contributed by atoms with Crippen molar-refractivity contribution in [3.05, 3.63) is 69.1 Å². The molecule has 1 aromatic heterocycles. The van der Waals surface area contributed by atoms with Crippen LogP contribution in [-0.4, -0.2) is 29.6 Å². The molecule has 3 rings (SSSR count). The molecule has 0 bridgehead atoms. The molecule has 0 saturated heterocycles. The number of nitrogens with one attached hydrogen (secondary N) is 3. The molecule has 1 unspecified atom stereocenters. The van der Waals surface area contributed by atoms with Crippen molar-refractivity contribution < 1.29 is 14.4 Å². The number of aryl methyl sites for hydroxylation is 1. The van der Waals surface area contributed by atoms with Crippen LogP contribution >= 0.6 is 0 Å². The summed E-state index contributed by atoms with van der Waals surface area (Å²) in [5.41, 5.74) is 0.778. The molecule has 7 nitrogen and oxygen atoms in total. The van der Waals surface area contributed by atoms with E-state index in [0.29, 0.717) is 36.1 Å². The van der Waals surface area contributed by atoms with E-state index in [-0.39, 0.29) is 11.3 Å². The summed E-state index contributed by atoms with van der Waals surface area (Å²) in [6, 6.07) is 9.11. The van der Waals surface area contributed by atoms with Gasteiger partial charge in [-0.25, -0.2) is 0 Å². The molecule has 134 valence electrons. The van der Waals surface area contributed by atoms with Gasteiger partial charge in [0.15, 0.2) is 5.78 Å². The number of hydrogen-bond donors (Lipinski definition) is 3. The number of aromatic nitrogens is 1. The number of aromatic amines is 1. The smallest absolute Gasteiger partial charge is 0.261 e. The molecule has 2 aromatic rings. The summed E-state index contributed by atoms with van der Waals surface area (Å²) in [6.45, 7) is 0. The van der Waals surface area contributed by atoms with E-state index in [1.165, 1.54) is 13.1 Å². The van der Waals surface area contributed by atoms with Crippen LogP contribution in [0.15, 0.2) is 41.2 Å². The molecular formula is C19H19N3O4. The molecule has 1 aliphatic rings. The molecule has 1 aliphatic carbocycles. The van der Waals surface area contributed by atoms with Crippen LogP contribution in [0, 0.1) is 0 Å². The van der Waals surface area contributed by atoms with Crippen LogP contribution in [0.1, 0.15) is 50.9 Å². The number of hydrogen-bond acceptors (Lipinski definition) is 4. The van der Waals surface area contributed by atoms with Crippen molar-refractivity contribution in [2.75, 3.05) is 7.05 Å². The third-order valence-electron chi connectivity index (χ3n) is 4.42. The van der Waals surface area contributed by atoms with Gasteiger partial charge in [0.25, 0.3) is 11.5 Å². The predicted octanol–water partition coefficient (Wildman–Crippen LogP) is 1.11. The fourth-order valence-electron chi connectivity index (χ4n) is 3.04. The maximum absolute atomic E-state index is 12.6. The van der Waals surface area contributed by atoms with Gasteiger partial charge in [-0.05, 0) is 24.5 Å². The van der Waals surface area contributed by atoms with Crippen molar-refractivity contribution in [3.8, 4) is 0 Å². The van der Waals surface area contributed by atoms with E-state index in [1.807, 2.05) is 0 Å². The second kappa shape index (κ2) is 7.35. The number of benzene rings is 1. The third kappa shape index (κ3) is 3.42. The van der Waals surface area contributed by atoms with Crippen molar-refractivity contribution in [1.29, 1.82) is 0 Å². The number of rotatable bonds is 4. The molecule has 0 fully saturated rings. The summed E-state index contributed by atoms with van der Waals surface area (Å²) in [4.78, 5) is 51.8. The Morgan fingerprint density at radius 3 is 2.54 bits per heavy atom. The number of H-pyrrole nitrogens is 1. The first kappa shape index (κ1) is 17.6. The largest absolute Gasteiger partial charge is 0.357 e. The molecule has 1 atom stereocenters. The average Bonchev–Trinajstić information content (AvgIpc) is 2.65. The highest BCUT2D eigenvalue weighted by Crippen LogP contribution is 2.19. The lowest BCUT2D eigenvalue weighted by Crippen LogP contribution is -2.41. The van der Waals surface area contributed by atoms with Crippen molar-refractivity contribution in [1.82, 2.24) is 15.6 Å². The van der Waals surface area contributed by atoms with Crippen molar-refractivity contribution in [2.24, 2.45) is 0 Å². The molecule has 26 heavy (non-hydrogen) atoms. The number of Topliss-reactive ketones (excluding diaryl/α,β-unsaturated/α-hetero) is 1. The fourth-order valence-corrected chi connectivity index (χ4v) is 3.04. The lowest BCUT2D eigenvalue weighted by molar-refractivity contribution is -0.122. The van der Waals surface area contributed by atoms with Gasteiger partial charge in [0, 0.05) is 24.7 Å². The molecule has 0 radical (unpaired) electrons. The van der Waals surface area contributed by atoms with Crippen molar-refractivity contribution >= 4 is 17.6 Å². The topological polar surface area (TPSA) is 108 Å². The molecule has 1 heterocycles. The van der Waals surface area contributed by atoms with Gasteiger partial charge in [0.2, 0.25) is 5.91 Å². The second-order valence-electron chi connectivity index (χ2n) is 6.11. The first-order valence-electron chi connectivity index (χ1n) is 8.38. The molecule has 0 aliphatic heterocycles. The quantitative estimate of drug-likeness (QED) is 0.765. The van der Waals surface area contributed by atoms with E-state index in [4.69, 9.17) is 0 Å². The summed E-state index contributed by atoms with van der Waals surface area (Å²) in [7, 11) is 1.47. The second-order valence-corrected chi connectivity index (χ2v) is 6.11. The Morgan fingerprint density at radius 1 is 1.12 bits per heavy atom. The monoisotopic (exact) mass is 353 g/mol. The van der Waals surface area contributed by atoms with Gasteiger partial charge in [-0.1, -0.05) is 30.3 Å². The standard InChI is InChI=1S/C19H19N3O4/c1-20-19(26)16(11-6-3-2-4-7-11)22-18(25)13-10-12-14(21-17(13)24)8-5-9-15(12)23/h2-4,6-7,10,16H,5,8-9H2,1H3,(H,20,26)(H,21,24)(H,22,25). The normalized spacial score (nSPS) is 14.3. The van der Waals surface area contributed by atoms with Gasteiger partial charge in [0.05, 0.1) is 0 Å². The summed E-state index contributed by atoms with van der Waals surface area (Å²) >= 11 is 0. The van der Waals surface area contributed by atoms with Crippen LogP contribution < -0.4 is 16.2 Å². The SMILES string of the molecule is CNC(=O)C(NC(=O)c1cc2c([nH]c1=O)CCCC2=O)c1ccccc1. The Hall–Kier alpha value is -3.22. The predicted molar refractivity (Wildman–Crippen MR) is 95.0 cm³/mol. The number of likely N-dealkylation sites (N-methyl/N-ethyl adjacent to an activating group) is 1. The summed E-state index contributed by atoms with van der Waals surface area (Å²) in [5.74, 6) is -1.21. The van der Waals surface area contributed by atoms with Crippen LogP contribution in [0.2, 0.25) is 0 Å². The highest BCUT2D eigenvalue weighted by molar-refractivity contribution is 6.02. The van der Waals surface area contributed by atoms with Gasteiger partial charge in [-0.2, -0.15) is 0 Å². The van der Waals surface area contributed by atoms with E-state index < -0.39 is 23.4 Å². The summed E-state index contributed by atoms with van der Waals surface area (Å²) < 4.78 is 0. The van der Waals surface area contributed by atoms with Gasteiger partial charge in [-0.15, -0.1) is 0 Å². The van der Waals surface area contributed by atoms with E-state index in [2.05, 4.69) is 15.6 Å². The maximum Gasteiger partial charge on any atom is 0.261 e. The van der Waals surface area contributed by atoms with Gasteiger partial charge in [-0.3, -0.25) is 19.2 Å². The zero-order valence-corrected chi connectivity index (χ0v) is 14.3. The number of fused-ring (bicyclic) bond motifs is 1. The number of carbonyl (C=O) groups excluding carboxylic acids is 3. The molecule has 0 saturated carbocycles. The Bertz CT molecular complexity index is 918. The number of ketones is 1. The first-order valence-corrected chi connectivity index (χ1v) is 8.38. The molecule has 1 aromatic carbocycles. The Balaban J connectivity index is 1.93. The molecule has 2 amide bonds. The van der Waals surface area contributed by atoms with E-state index in [1.54, 1.807) is 30.3 Å². The Labute approximate surface area is 149 Å². The Kier molecular flexibility index (Phi) is 4.97. The number of carbonyl (C=O) groups is 3. The lowest BCUT2D eigenvalue weighted by atomic mass is 9.93. The van der Waals surface area contributed by atoms with Crippen LogP contribution in [0.3, 0.4) is 0 Å². The van der Waals surface area contributed by atoms with Crippen molar-refractivity contribution in [2.45, 2.75) is 25.3 Å². The van der Waals surface area contributed by atoms with E-state index >= 15 is 0 Å². The van der Waals surface area contributed by atoms with Gasteiger partial charge >= 0.3 is 0 Å². The summed E-state index contributed by atoms with van der Waals surface area (Å²) in [5, 5.41) is 5.08. The molecule has 3 N–H and O–H groups in total. The maximum atomic E-state index is 12.6. The average molecular weight is 353 g/mol. The highest BCUT2D eigenvalue weighted by atomic mass is 16.2. The minimum absolute atomic E-state index is 0.0949. The van der Waals surface area contributed by atoms with Crippen molar-refractivity contribution in [3.63, 3.8) is 0 Å².